The van der Waals surface area contributed by atoms with Crippen molar-refractivity contribution in [1.82, 2.24) is 5.32 Å². The van der Waals surface area contributed by atoms with Crippen LogP contribution in [0.3, 0.4) is 0 Å². The molecular formula is C14H21ClN2O2. The van der Waals surface area contributed by atoms with E-state index in [9.17, 15) is 4.79 Å². The molecule has 0 bridgehead atoms. The van der Waals surface area contributed by atoms with Crippen LogP contribution >= 0.6 is 12.4 Å². The molecule has 1 amide bonds. The summed E-state index contributed by atoms with van der Waals surface area (Å²) in [6.45, 7) is 1.07. The van der Waals surface area contributed by atoms with Crippen LogP contribution in [0.4, 0.5) is 5.69 Å². The maximum absolute atomic E-state index is 12.0. The summed E-state index contributed by atoms with van der Waals surface area (Å²) in [4.78, 5) is 12.0. The van der Waals surface area contributed by atoms with E-state index >= 15 is 0 Å². The second-order valence-electron chi connectivity index (χ2n) is 4.66. The van der Waals surface area contributed by atoms with E-state index in [-0.39, 0.29) is 31.0 Å². The first-order valence-electron chi connectivity index (χ1n) is 6.53. The minimum absolute atomic E-state index is 0. The minimum atomic E-state index is -0.0594. The molecule has 19 heavy (non-hydrogen) atoms. The van der Waals surface area contributed by atoms with Crippen LogP contribution in [0.15, 0.2) is 24.3 Å². The average Bonchev–Trinajstić information content (AvgIpc) is 2.42. The summed E-state index contributed by atoms with van der Waals surface area (Å²) in [5.74, 6) is 0.0459. The number of halogens is 1. The van der Waals surface area contributed by atoms with Crippen molar-refractivity contribution in [3.05, 3.63) is 29.8 Å². The molecule has 1 aliphatic rings. The molecule has 1 aromatic rings. The summed E-state index contributed by atoms with van der Waals surface area (Å²) in [7, 11) is 0. The first kappa shape index (κ1) is 16.0. The molecule has 1 aromatic carbocycles. The third kappa shape index (κ3) is 4.82. The van der Waals surface area contributed by atoms with E-state index in [1.54, 1.807) is 0 Å². The third-order valence-electron chi connectivity index (χ3n) is 3.25. The number of hydrogen-bond acceptors (Lipinski definition) is 3. The molecule has 0 spiro atoms. The number of carbonyl (C=O) groups is 1. The van der Waals surface area contributed by atoms with Crippen LogP contribution < -0.4 is 10.6 Å². The van der Waals surface area contributed by atoms with Crippen LogP contribution in [0.2, 0.25) is 0 Å². The lowest BCUT2D eigenvalue weighted by atomic mass is 10.0. The molecule has 2 rings (SSSR count). The number of nitrogens with one attached hydrogen (secondary N) is 2. The van der Waals surface area contributed by atoms with E-state index in [1.165, 1.54) is 0 Å². The quantitative estimate of drug-likeness (QED) is 0.789. The smallest absolute Gasteiger partial charge is 0.241 e. The van der Waals surface area contributed by atoms with Crippen LogP contribution in [-0.4, -0.2) is 30.2 Å². The molecule has 0 aromatic heterocycles. The Hall–Kier alpha value is -1.10. The van der Waals surface area contributed by atoms with Crippen molar-refractivity contribution in [3.8, 4) is 0 Å². The molecule has 1 fully saturated rings. The standard InChI is InChI=1S/C14H20N2O2.ClH/c17-10-8-11-4-6-12(7-5-11)16-14(18)13-3-1-2-9-15-13;/h4-7,13,15,17H,1-3,8-10H2,(H,16,18);1H/t13-;/m0./s1. The lowest BCUT2D eigenvalue weighted by Gasteiger charge is -2.22. The number of carbonyl (C=O) groups excluding carboxylic acids is 1. The Bertz CT molecular complexity index is 389. The fourth-order valence-electron chi connectivity index (χ4n) is 2.19. The van der Waals surface area contributed by atoms with Gasteiger partial charge in [-0.05, 0) is 43.5 Å². The van der Waals surface area contributed by atoms with E-state index < -0.39 is 0 Å². The molecule has 106 valence electrons. The van der Waals surface area contributed by atoms with Gasteiger partial charge in [-0.1, -0.05) is 18.6 Å². The summed E-state index contributed by atoms with van der Waals surface area (Å²) in [5.41, 5.74) is 1.89. The van der Waals surface area contributed by atoms with Gasteiger partial charge in [-0.15, -0.1) is 12.4 Å². The number of amides is 1. The minimum Gasteiger partial charge on any atom is -0.396 e. The lowest BCUT2D eigenvalue weighted by molar-refractivity contribution is -0.118. The Balaban J connectivity index is 0.00000180. The third-order valence-corrected chi connectivity index (χ3v) is 3.25. The first-order chi connectivity index (χ1) is 8.79. The molecular weight excluding hydrogens is 264 g/mol. The Kier molecular flexibility index (Phi) is 6.84. The van der Waals surface area contributed by atoms with Gasteiger partial charge in [-0.2, -0.15) is 0 Å². The van der Waals surface area contributed by atoms with Crippen molar-refractivity contribution in [2.45, 2.75) is 31.7 Å². The number of aliphatic hydroxyl groups is 1. The Labute approximate surface area is 120 Å². The number of anilines is 1. The molecule has 5 heteroatoms. The van der Waals surface area contributed by atoms with Crippen LogP contribution in [-0.2, 0) is 11.2 Å². The normalized spacial score (nSPS) is 18.5. The summed E-state index contributed by atoms with van der Waals surface area (Å²) in [6, 6.07) is 7.56. The van der Waals surface area contributed by atoms with Crippen molar-refractivity contribution in [1.29, 1.82) is 0 Å². The number of rotatable bonds is 4. The zero-order valence-corrected chi connectivity index (χ0v) is 11.7. The molecule has 1 saturated heterocycles. The summed E-state index contributed by atoms with van der Waals surface area (Å²) in [5, 5.41) is 15.0. The molecule has 0 unspecified atom stereocenters. The van der Waals surface area contributed by atoms with Crippen molar-refractivity contribution in [2.24, 2.45) is 0 Å². The van der Waals surface area contributed by atoms with Crippen molar-refractivity contribution in [3.63, 3.8) is 0 Å². The predicted octanol–water partition coefficient (Wildman–Crippen LogP) is 1.72. The average molecular weight is 285 g/mol. The van der Waals surface area contributed by atoms with Crippen molar-refractivity contribution >= 4 is 24.0 Å². The van der Waals surface area contributed by atoms with Crippen LogP contribution in [0.1, 0.15) is 24.8 Å². The summed E-state index contributed by atoms with van der Waals surface area (Å²) < 4.78 is 0. The summed E-state index contributed by atoms with van der Waals surface area (Å²) >= 11 is 0. The highest BCUT2D eigenvalue weighted by Gasteiger charge is 2.20. The van der Waals surface area contributed by atoms with Gasteiger partial charge in [0.05, 0.1) is 6.04 Å². The predicted molar refractivity (Wildman–Crippen MR) is 78.8 cm³/mol. The van der Waals surface area contributed by atoms with Crippen LogP contribution in [0.25, 0.3) is 0 Å². The van der Waals surface area contributed by atoms with E-state index in [0.717, 1.165) is 37.1 Å². The van der Waals surface area contributed by atoms with Gasteiger partial charge in [-0.3, -0.25) is 4.79 Å². The first-order valence-corrected chi connectivity index (χ1v) is 6.53. The van der Waals surface area contributed by atoms with Gasteiger partial charge in [0.15, 0.2) is 0 Å². The molecule has 1 atom stereocenters. The van der Waals surface area contributed by atoms with E-state index in [1.807, 2.05) is 24.3 Å². The van der Waals surface area contributed by atoms with Crippen molar-refractivity contribution < 1.29 is 9.90 Å². The fourth-order valence-corrected chi connectivity index (χ4v) is 2.19. The highest BCUT2D eigenvalue weighted by Crippen LogP contribution is 2.13. The lowest BCUT2D eigenvalue weighted by Crippen LogP contribution is -2.43. The van der Waals surface area contributed by atoms with Gasteiger partial charge in [0, 0.05) is 12.3 Å². The molecule has 4 nitrogen and oxygen atoms in total. The van der Waals surface area contributed by atoms with Gasteiger partial charge in [-0.25, -0.2) is 0 Å². The van der Waals surface area contributed by atoms with Gasteiger partial charge >= 0.3 is 0 Å². The fraction of sp³-hybridized carbons (Fsp3) is 0.500. The molecule has 1 aliphatic heterocycles. The van der Waals surface area contributed by atoms with Crippen molar-refractivity contribution in [2.75, 3.05) is 18.5 Å². The highest BCUT2D eigenvalue weighted by atomic mass is 35.5. The Morgan fingerprint density at radius 2 is 2.05 bits per heavy atom. The monoisotopic (exact) mass is 284 g/mol. The highest BCUT2D eigenvalue weighted by molar-refractivity contribution is 5.94. The second kappa shape index (κ2) is 8.15. The molecule has 0 saturated carbocycles. The number of piperidine rings is 1. The van der Waals surface area contributed by atoms with Gasteiger partial charge in [0.25, 0.3) is 0 Å². The topological polar surface area (TPSA) is 61.4 Å². The van der Waals surface area contributed by atoms with E-state index in [0.29, 0.717) is 6.42 Å². The molecule has 1 heterocycles. The van der Waals surface area contributed by atoms with Gasteiger partial charge in [0.2, 0.25) is 5.91 Å². The second-order valence-corrected chi connectivity index (χ2v) is 4.66. The maximum Gasteiger partial charge on any atom is 0.241 e. The SMILES string of the molecule is Cl.O=C(Nc1ccc(CCO)cc1)[C@@H]1CCCCN1. The zero-order chi connectivity index (χ0) is 12.8. The molecule has 0 radical (unpaired) electrons. The Morgan fingerprint density at radius 3 is 2.63 bits per heavy atom. The zero-order valence-electron chi connectivity index (χ0n) is 10.9. The largest absolute Gasteiger partial charge is 0.396 e. The van der Waals surface area contributed by atoms with Gasteiger partial charge < -0.3 is 15.7 Å². The number of hydrogen-bond donors (Lipinski definition) is 3. The number of benzene rings is 1. The van der Waals surface area contributed by atoms with E-state index in [4.69, 9.17) is 5.11 Å². The maximum atomic E-state index is 12.0. The Morgan fingerprint density at radius 1 is 1.32 bits per heavy atom. The summed E-state index contributed by atoms with van der Waals surface area (Å²) in [6.07, 6.45) is 3.83. The van der Waals surface area contributed by atoms with Crippen LogP contribution in [0.5, 0.6) is 0 Å². The van der Waals surface area contributed by atoms with Crippen LogP contribution in [0, 0.1) is 0 Å². The number of aliphatic hydroxyl groups excluding tert-OH is 1. The van der Waals surface area contributed by atoms with Gasteiger partial charge in [0.1, 0.15) is 0 Å². The molecule has 0 aliphatic carbocycles. The van der Waals surface area contributed by atoms with E-state index in [2.05, 4.69) is 10.6 Å². The molecule has 3 N–H and O–H groups in total.